The van der Waals surface area contributed by atoms with E-state index in [0.717, 1.165) is 40.1 Å². The van der Waals surface area contributed by atoms with Crippen molar-refractivity contribution >= 4 is 23.5 Å². The summed E-state index contributed by atoms with van der Waals surface area (Å²) in [6.07, 6.45) is 5.22. The van der Waals surface area contributed by atoms with Crippen molar-refractivity contribution in [2.24, 2.45) is 0 Å². The normalized spacial score (nSPS) is 15.4. The first kappa shape index (κ1) is 15.2. The SMILES string of the molecule is CC(=O)Nc1ccc(C=C2CCc3ncc(C)cc3C2=O)cc1. The highest BCUT2D eigenvalue weighted by atomic mass is 16.1. The number of rotatable bonds is 2. The minimum absolute atomic E-state index is 0.0633. The van der Waals surface area contributed by atoms with E-state index in [1.807, 2.05) is 49.5 Å². The van der Waals surface area contributed by atoms with Gasteiger partial charge in [-0.25, -0.2) is 0 Å². The molecule has 0 radical (unpaired) electrons. The number of ketones is 1. The Morgan fingerprint density at radius 3 is 2.65 bits per heavy atom. The molecule has 0 spiro atoms. The zero-order valence-corrected chi connectivity index (χ0v) is 13.2. The van der Waals surface area contributed by atoms with E-state index >= 15 is 0 Å². The largest absolute Gasteiger partial charge is 0.326 e. The Morgan fingerprint density at radius 2 is 1.96 bits per heavy atom. The van der Waals surface area contributed by atoms with E-state index in [4.69, 9.17) is 0 Å². The maximum absolute atomic E-state index is 12.6. The first-order chi connectivity index (χ1) is 11.0. The van der Waals surface area contributed by atoms with Crippen LogP contribution in [0.2, 0.25) is 0 Å². The van der Waals surface area contributed by atoms with E-state index in [-0.39, 0.29) is 11.7 Å². The molecule has 1 amide bonds. The standard InChI is InChI=1S/C19H18N2O2/c1-12-9-17-18(20-11-12)8-5-15(19(17)23)10-14-3-6-16(7-4-14)21-13(2)22/h3-4,6-7,9-11H,5,8H2,1-2H3,(H,21,22). The molecule has 2 aromatic rings. The van der Waals surface area contributed by atoms with Crippen molar-refractivity contribution in [1.29, 1.82) is 0 Å². The maximum Gasteiger partial charge on any atom is 0.221 e. The molecule has 0 bridgehead atoms. The summed E-state index contributed by atoms with van der Waals surface area (Å²) in [5, 5.41) is 2.73. The molecule has 1 aromatic carbocycles. The highest BCUT2D eigenvalue weighted by Crippen LogP contribution is 2.26. The van der Waals surface area contributed by atoms with Crippen LogP contribution in [-0.4, -0.2) is 16.7 Å². The molecule has 1 aliphatic carbocycles. The lowest BCUT2D eigenvalue weighted by molar-refractivity contribution is -0.114. The summed E-state index contributed by atoms with van der Waals surface area (Å²) >= 11 is 0. The maximum atomic E-state index is 12.6. The summed E-state index contributed by atoms with van der Waals surface area (Å²) in [6, 6.07) is 9.38. The molecule has 0 unspecified atom stereocenters. The summed E-state index contributed by atoms with van der Waals surface area (Å²) in [7, 11) is 0. The van der Waals surface area contributed by atoms with Crippen molar-refractivity contribution in [2.45, 2.75) is 26.7 Å². The lowest BCUT2D eigenvalue weighted by atomic mass is 9.88. The van der Waals surface area contributed by atoms with E-state index in [1.54, 1.807) is 0 Å². The van der Waals surface area contributed by atoms with Gasteiger partial charge in [0, 0.05) is 29.9 Å². The van der Waals surface area contributed by atoms with E-state index in [2.05, 4.69) is 10.3 Å². The Bertz CT molecular complexity index is 805. The van der Waals surface area contributed by atoms with Crippen molar-refractivity contribution in [3.63, 3.8) is 0 Å². The molecule has 1 heterocycles. The van der Waals surface area contributed by atoms with Gasteiger partial charge in [0.15, 0.2) is 5.78 Å². The zero-order valence-electron chi connectivity index (χ0n) is 13.2. The number of anilines is 1. The van der Waals surface area contributed by atoms with Crippen LogP contribution in [0.25, 0.3) is 6.08 Å². The minimum atomic E-state index is -0.0990. The molecule has 23 heavy (non-hydrogen) atoms. The molecule has 116 valence electrons. The van der Waals surface area contributed by atoms with Crippen molar-refractivity contribution in [1.82, 2.24) is 4.98 Å². The monoisotopic (exact) mass is 306 g/mol. The van der Waals surface area contributed by atoms with Gasteiger partial charge in [-0.3, -0.25) is 14.6 Å². The summed E-state index contributed by atoms with van der Waals surface area (Å²) in [6.45, 7) is 3.42. The van der Waals surface area contributed by atoms with E-state index in [0.29, 0.717) is 6.42 Å². The Labute approximate surface area is 135 Å². The van der Waals surface area contributed by atoms with Crippen LogP contribution in [0.1, 0.15) is 40.5 Å². The van der Waals surface area contributed by atoms with Crippen LogP contribution in [0.15, 0.2) is 42.1 Å². The average Bonchev–Trinajstić information content (AvgIpc) is 2.52. The summed E-state index contributed by atoms with van der Waals surface area (Å²) in [5.41, 5.74) is 5.11. The van der Waals surface area contributed by atoms with Gasteiger partial charge in [-0.1, -0.05) is 12.1 Å². The molecule has 1 N–H and O–H groups in total. The van der Waals surface area contributed by atoms with Gasteiger partial charge in [-0.2, -0.15) is 0 Å². The van der Waals surface area contributed by atoms with Gasteiger partial charge in [0.2, 0.25) is 5.91 Å². The van der Waals surface area contributed by atoms with Crippen molar-refractivity contribution in [3.05, 3.63) is 64.5 Å². The fourth-order valence-corrected chi connectivity index (χ4v) is 2.74. The number of hydrogen-bond acceptors (Lipinski definition) is 3. The molecule has 0 saturated carbocycles. The van der Waals surface area contributed by atoms with Gasteiger partial charge in [-0.15, -0.1) is 0 Å². The molecule has 4 heteroatoms. The summed E-state index contributed by atoms with van der Waals surface area (Å²) in [4.78, 5) is 28.0. The Hall–Kier alpha value is -2.75. The van der Waals surface area contributed by atoms with Gasteiger partial charge in [0.25, 0.3) is 0 Å². The third-order valence-corrected chi connectivity index (χ3v) is 3.85. The molecule has 0 atom stereocenters. The van der Waals surface area contributed by atoms with Crippen LogP contribution in [0, 0.1) is 6.92 Å². The number of carbonyl (C=O) groups excluding carboxylic acids is 2. The highest BCUT2D eigenvalue weighted by molar-refractivity contribution is 6.13. The quantitative estimate of drug-likeness (QED) is 0.863. The Morgan fingerprint density at radius 1 is 1.22 bits per heavy atom. The molecular formula is C19H18N2O2. The lowest BCUT2D eigenvalue weighted by Crippen LogP contribution is -2.15. The van der Waals surface area contributed by atoms with Crippen LogP contribution in [0.5, 0.6) is 0 Å². The Kier molecular flexibility index (Phi) is 4.06. The number of Topliss-reactive ketones (excluding diaryl/α,β-unsaturated/α-hetero) is 1. The minimum Gasteiger partial charge on any atom is -0.326 e. The summed E-state index contributed by atoms with van der Waals surface area (Å²) in [5.74, 6) is -0.0357. The fraction of sp³-hybridized carbons (Fsp3) is 0.211. The van der Waals surface area contributed by atoms with Crippen molar-refractivity contribution in [3.8, 4) is 0 Å². The van der Waals surface area contributed by atoms with Gasteiger partial charge < -0.3 is 5.32 Å². The molecular weight excluding hydrogens is 288 g/mol. The summed E-state index contributed by atoms with van der Waals surface area (Å²) < 4.78 is 0. The number of benzene rings is 1. The Balaban J connectivity index is 1.86. The second-order valence-electron chi connectivity index (χ2n) is 5.81. The van der Waals surface area contributed by atoms with E-state index < -0.39 is 0 Å². The van der Waals surface area contributed by atoms with Crippen LogP contribution in [0.4, 0.5) is 5.69 Å². The second-order valence-corrected chi connectivity index (χ2v) is 5.81. The number of fused-ring (bicyclic) bond motifs is 1. The van der Waals surface area contributed by atoms with Crippen LogP contribution >= 0.6 is 0 Å². The number of hydrogen-bond donors (Lipinski definition) is 1. The number of nitrogens with one attached hydrogen (secondary N) is 1. The third-order valence-electron chi connectivity index (χ3n) is 3.85. The number of carbonyl (C=O) groups is 2. The predicted octanol–water partition coefficient (Wildman–Crippen LogP) is 3.56. The number of pyridine rings is 1. The van der Waals surface area contributed by atoms with E-state index in [9.17, 15) is 9.59 Å². The zero-order chi connectivity index (χ0) is 16.4. The first-order valence-electron chi connectivity index (χ1n) is 7.61. The number of nitrogens with zero attached hydrogens (tertiary/aromatic N) is 1. The van der Waals surface area contributed by atoms with Gasteiger partial charge in [-0.05, 0) is 55.2 Å². The molecule has 4 nitrogen and oxygen atoms in total. The van der Waals surface area contributed by atoms with Crippen LogP contribution in [0.3, 0.4) is 0 Å². The average molecular weight is 306 g/mol. The van der Waals surface area contributed by atoms with Crippen LogP contribution in [-0.2, 0) is 11.2 Å². The number of allylic oxidation sites excluding steroid dienone is 1. The van der Waals surface area contributed by atoms with Crippen molar-refractivity contribution in [2.75, 3.05) is 5.32 Å². The van der Waals surface area contributed by atoms with Crippen LogP contribution < -0.4 is 5.32 Å². The van der Waals surface area contributed by atoms with Gasteiger partial charge in [0.05, 0.1) is 5.69 Å². The molecule has 0 fully saturated rings. The number of aromatic nitrogens is 1. The molecule has 1 aromatic heterocycles. The van der Waals surface area contributed by atoms with E-state index in [1.165, 1.54) is 6.92 Å². The second kappa shape index (κ2) is 6.16. The highest BCUT2D eigenvalue weighted by Gasteiger charge is 2.22. The van der Waals surface area contributed by atoms with Crippen molar-refractivity contribution < 1.29 is 9.59 Å². The molecule has 0 aliphatic heterocycles. The molecule has 3 rings (SSSR count). The number of amides is 1. The van der Waals surface area contributed by atoms with Gasteiger partial charge >= 0.3 is 0 Å². The molecule has 0 saturated heterocycles. The smallest absolute Gasteiger partial charge is 0.221 e. The fourth-order valence-electron chi connectivity index (χ4n) is 2.74. The topological polar surface area (TPSA) is 59.1 Å². The first-order valence-corrected chi connectivity index (χ1v) is 7.61. The predicted molar refractivity (Wildman–Crippen MR) is 90.3 cm³/mol. The van der Waals surface area contributed by atoms with Gasteiger partial charge in [0.1, 0.15) is 0 Å². The third kappa shape index (κ3) is 3.37. The lowest BCUT2D eigenvalue weighted by Gasteiger charge is -2.17. The number of aryl methyl sites for hydroxylation is 2. The molecule has 1 aliphatic rings.